The Balaban J connectivity index is 1.54. The highest BCUT2D eigenvalue weighted by molar-refractivity contribution is 7.14. The van der Waals surface area contributed by atoms with Gasteiger partial charge in [0.05, 0.1) is 17.8 Å². The van der Waals surface area contributed by atoms with Crippen LogP contribution in [0.3, 0.4) is 0 Å². The SMILES string of the molecule is Cc1cn(CC(=O)Nc2nc(-c3cc(F)c(OCC(C)(C)C)c(F)c3)cs2)c2c(=O)n(C)c(=O)n(C)c12. The molecule has 1 N–H and O–H groups in total. The van der Waals surface area contributed by atoms with Crippen LogP contribution in [-0.2, 0) is 25.4 Å². The van der Waals surface area contributed by atoms with Crippen molar-refractivity contribution in [2.45, 2.75) is 34.2 Å². The van der Waals surface area contributed by atoms with Gasteiger partial charge >= 0.3 is 5.69 Å². The molecule has 4 rings (SSSR count). The van der Waals surface area contributed by atoms with Gasteiger partial charge in [-0.05, 0) is 30.0 Å². The van der Waals surface area contributed by atoms with Gasteiger partial charge in [-0.1, -0.05) is 20.8 Å². The zero-order valence-electron chi connectivity index (χ0n) is 21.3. The van der Waals surface area contributed by atoms with Gasteiger partial charge in [-0.2, -0.15) is 0 Å². The lowest BCUT2D eigenvalue weighted by molar-refractivity contribution is -0.116. The summed E-state index contributed by atoms with van der Waals surface area (Å²) in [5.74, 6) is -2.59. The fraction of sp³-hybridized carbons (Fsp3) is 0.360. The van der Waals surface area contributed by atoms with Gasteiger partial charge in [0.2, 0.25) is 5.91 Å². The molecule has 0 fully saturated rings. The molecule has 4 aromatic rings. The highest BCUT2D eigenvalue weighted by atomic mass is 32.1. The Bertz CT molecular complexity index is 1620. The van der Waals surface area contributed by atoms with Gasteiger partial charge < -0.3 is 14.6 Å². The normalized spacial score (nSPS) is 11.8. The largest absolute Gasteiger partial charge is 0.487 e. The second-order valence-corrected chi connectivity index (χ2v) is 10.9. The van der Waals surface area contributed by atoms with Gasteiger partial charge in [0.1, 0.15) is 12.1 Å². The second-order valence-electron chi connectivity index (χ2n) is 10.0. The summed E-state index contributed by atoms with van der Waals surface area (Å²) in [6, 6.07) is 2.27. The smallest absolute Gasteiger partial charge is 0.331 e. The number of ether oxygens (including phenoxy) is 1. The van der Waals surface area contributed by atoms with E-state index < -0.39 is 34.5 Å². The number of fused-ring (bicyclic) bond motifs is 1. The standard InChI is InChI=1S/C25H27F2N5O4S/c1-13-9-32(20-19(13)30(5)24(35)31(6)22(20)34)10-18(33)29-23-28-17(11-37-23)14-7-15(26)21(16(27)8-14)36-12-25(2,3)4/h7-9,11H,10,12H2,1-6H3,(H,28,29,33). The number of benzene rings is 1. The first-order valence-electron chi connectivity index (χ1n) is 11.4. The minimum atomic E-state index is -0.844. The Morgan fingerprint density at radius 1 is 1.11 bits per heavy atom. The zero-order valence-corrected chi connectivity index (χ0v) is 22.1. The highest BCUT2D eigenvalue weighted by Gasteiger charge is 2.20. The maximum Gasteiger partial charge on any atom is 0.331 e. The molecule has 196 valence electrons. The van der Waals surface area contributed by atoms with E-state index in [9.17, 15) is 23.2 Å². The van der Waals surface area contributed by atoms with E-state index in [0.29, 0.717) is 11.1 Å². The molecular weight excluding hydrogens is 504 g/mol. The quantitative estimate of drug-likeness (QED) is 0.408. The first kappa shape index (κ1) is 26.3. The monoisotopic (exact) mass is 531 g/mol. The van der Waals surface area contributed by atoms with E-state index in [-0.39, 0.29) is 40.5 Å². The van der Waals surface area contributed by atoms with E-state index in [2.05, 4.69) is 10.3 Å². The van der Waals surface area contributed by atoms with Gasteiger partial charge in [0.15, 0.2) is 22.5 Å². The van der Waals surface area contributed by atoms with Crippen LogP contribution >= 0.6 is 11.3 Å². The van der Waals surface area contributed by atoms with Crippen LogP contribution in [0, 0.1) is 24.0 Å². The second kappa shape index (κ2) is 9.58. The average Bonchev–Trinajstić information content (AvgIpc) is 3.38. The number of aryl methyl sites for hydroxylation is 2. The number of hydrogen-bond acceptors (Lipinski definition) is 6. The van der Waals surface area contributed by atoms with Gasteiger partial charge in [-0.3, -0.25) is 18.7 Å². The minimum Gasteiger partial charge on any atom is -0.487 e. The summed E-state index contributed by atoms with van der Waals surface area (Å²) in [6.45, 7) is 7.38. The lowest BCUT2D eigenvalue weighted by Crippen LogP contribution is -2.37. The highest BCUT2D eigenvalue weighted by Crippen LogP contribution is 2.32. The summed E-state index contributed by atoms with van der Waals surface area (Å²) in [5.41, 5.74) is 0.616. The van der Waals surface area contributed by atoms with Crippen molar-refractivity contribution in [2.75, 3.05) is 11.9 Å². The van der Waals surface area contributed by atoms with Crippen molar-refractivity contribution in [3.05, 3.63) is 61.7 Å². The fourth-order valence-corrected chi connectivity index (χ4v) is 4.67. The first-order valence-corrected chi connectivity index (χ1v) is 12.3. The van der Waals surface area contributed by atoms with Crippen molar-refractivity contribution >= 4 is 33.4 Å². The predicted molar refractivity (Wildman–Crippen MR) is 138 cm³/mol. The third kappa shape index (κ3) is 5.19. The van der Waals surface area contributed by atoms with Crippen LogP contribution in [0.25, 0.3) is 22.3 Å². The summed E-state index contributed by atoms with van der Waals surface area (Å²) in [5, 5.41) is 4.44. The van der Waals surface area contributed by atoms with Crippen LogP contribution in [0.2, 0.25) is 0 Å². The summed E-state index contributed by atoms with van der Waals surface area (Å²) in [6.07, 6.45) is 1.63. The molecular formula is C25H27F2N5O4S. The Labute approximate surface area is 214 Å². The molecule has 0 saturated heterocycles. The minimum absolute atomic E-state index is 0.145. The lowest BCUT2D eigenvalue weighted by atomic mass is 9.99. The topological polar surface area (TPSA) is 100 Å². The van der Waals surface area contributed by atoms with Crippen LogP contribution < -0.4 is 21.3 Å². The van der Waals surface area contributed by atoms with E-state index >= 15 is 0 Å². The third-order valence-corrected chi connectivity index (χ3v) is 6.42. The van der Waals surface area contributed by atoms with Crippen molar-refractivity contribution in [2.24, 2.45) is 19.5 Å². The van der Waals surface area contributed by atoms with Gasteiger partial charge in [-0.15, -0.1) is 11.3 Å². The molecule has 0 aliphatic carbocycles. The van der Waals surface area contributed by atoms with Crippen LogP contribution in [0.5, 0.6) is 5.75 Å². The molecule has 0 saturated carbocycles. The van der Waals surface area contributed by atoms with Gasteiger partial charge in [-0.25, -0.2) is 18.6 Å². The molecule has 0 spiro atoms. The number of nitrogens with one attached hydrogen (secondary N) is 1. The van der Waals surface area contributed by atoms with E-state index in [0.717, 1.165) is 28.0 Å². The summed E-state index contributed by atoms with van der Waals surface area (Å²) < 4.78 is 38.3. The van der Waals surface area contributed by atoms with E-state index in [4.69, 9.17) is 4.74 Å². The molecule has 37 heavy (non-hydrogen) atoms. The van der Waals surface area contributed by atoms with Crippen molar-refractivity contribution in [3.63, 3.8) is 0 Å². The molecule has 0 radical (unpaired) electrons. The van der Waals surface area contributed by atoms with Crippen LogP contribution in [0.15, 0.2) is 33.3 Å². The lowest BCUT2D eigenvalue weighted by Gasteiger charge is -2.19. The molecule has 1 amide bonds. The summed E-state index contributed by atoms with van der Waals surface area (Å²) in [4.78, 5) is 42.0. The number of anilines is 1. The maximum atomic E-state index is 14.6. The van der Waals surface area contributed by atoms with Gasteiger partial charge in [0, 0.05) is 31.2 Å². The number of carbonyl (C=O) groups excluding carboxylic acids is 1. The molecule has 0 aliphatic rings. The maximum absolute atomic E-state index is 14.6. The summed E-state index contributed by atoms with van der Waals surface area (Å²) >= 11 is 1.09. The van der Waals surface area contributed by atoms with E-state index in [1.807, 2.05) is 20.8 Å². The molecule has 9 nitrogen and oxygen atoms in total. The van der Waals surface area contributed by atoms with Gasteiger partial charge in [0.25, 0.3) is 5.56 Å². The number of halogens is 2. The zero-order chi connectivity index (χ0) is 27.2. The van der Waals surface area contributed by atoms with Crippen molar-refractivity contribution < 1.29 is 18.3 Å². The number of thiazole rings is 1. The van der Waals surface area contributed by atoms with Crippen LogP contribution in [0.1, 0.15) is 26.3 Å². The Kier molecular flexibility index (Phi) is 6.80. The molecule has 12 heteroatoms. The number of amides is 1. The van der Waals surface area contributed by atoms with Crippen LogP contribution in [-0.4, -0.2) is 31.2 Å². The molecule has 1 aromatic carbocycles. The Morgan fingerprint density at radius 3 is 2.38 bits per heavy atom. The molecule has 0 atom stereocenters. The predicted octanol–water partition coefficient (Wildman–Crippen LogP) is 3.81. The number of hydrogen-bond donors (Lipinski definition) is 1. The number of nitrogens with zero attached hydrogens (tertiary/aromatic N) is 4. The number of aromatic nitrogens is 4. The van der Waals surface area contributed by atoms with Crippen LogP contribution in [0.4, 0.5) is 13.9 Å². The third-order valence-electron chi connectivity index (χ3n) is 5.66. The summed E-state index contributed by atoms with van der Waals surface area (Å²) in [7, 11) is 2.94. The Hall–Kier alpha value is -3.80. The molecule has 3 heterocycles. The van der Waals surface area contributed by atoms with Crippen molar-refractivity contribution in [1.29, 1.82) is 0 Å². The average molecular weight is 532 g/mol. The first-order chi connectivity index (χ1) is 17.3. The molecule has 0 bridgehead atoms. The molecule has 3 aromatic heterocycles. The van der Waals surface area contributed by atoms with E-state index in [1.165, 1.54) is 16.2 Å². The Morgan fingerprint density at radius 2 is 1.76 bits per heavy atom. The fourth-order valence-electron chi connectivity index (χ4n) is 3.93. The van der Waals surface area contributed by atoms with E-state index in [1.54, 1.807) is 25.5 Å². The number of carbonyl (C=O) groups is 1. The number of rotatable bonds is 6. The van der Waals surface area contributed by atoms with Crippen molar-refractivity contribution in [3.8, 4) is 17.0 Å². The van der Waals surface area contributed by atoms with Crippen molar-refractivity contribution in [1.82, 2.24) is 18.7 Å². The molecule has 0 unspecified atom stereocenters. The molecule has 0 aliphatic heterocycles.